The molecule has 160 valence electrons. The van der Waals surface area contributed by atoms with Gasteiger partial charge in [-0.2, -0.15) is 0 Å². The fourth-order valence-electron chi connectivity index (χ4n) is 3.67. The molecule has 29 heavy (non-hydrogen) atoms. The quantitative estimate of drug-likeness (QED) is 0.608. The molecule has 0 saturated carbocycles. The van der Waals surface area contributed by atoms with E-state index in [-0.39, 0.29) is 25.2 Å². The minimum Gasteiger partial charge on any atom is -0.406 e. The van der Waals surface area contributed by atoms with Gasteiger partial charge in [0.2, 0.25) is 0 Å². The van der Waals surface area contributed by atoms with E-state index >= 15 is 0 Å². The summed E-state index contributed by atoms with van der Waals surface area (Å²) in [5, 5.41) is 2.63. The Morgan fingerprint density at radius 3 is 1.55 bits per heavy atom. The Hall–Kier alpha value is -0.891. The third-order valence-electron chi connectivity index (χ3n) is 4.70. The van der Waals surface area contributed by atoms with Crippen molar-refractivity contribution in [1.82, 2.24) is 0 Å². The molecule has 2 N–H and O–H groups in total. The molecule has 0 radical (unpaired) electrons. The second-order valence-corrected chi connectivity index (χ2v) is 17.9. The lowest BCUT2D eigenvalue weighted by Crippen LogP contribution is -2.67. The highest BCUT2D eigenvalue weighted by atomic mass is 28.4. The van der Waals surface area contributed by atoms with Gasteiger partial charge in [0, 0.05) is 12.6 Å². The third kappa shape index (κ3) is 8.04. The largest absolute Gasteiger partial charge is 0.406 e. The summed E-state index contributed by atoms with van der Waals surface area (Å²) in [7, 11) is -2.44. The van der Waals surface area contributed by atoms with E-state index in [1.54, 1.807) is 0 Å². The summed E-state index contributed by atoms with van der Waals surface area (Å²) in [5.74, 6) is 7.50. The van der Waals surface area contributed by atoms with Crippen LogP contribution in [0.25, 0.3) is 0 Å². The molecule has 1 atom stereocenters. The van der Waals surface area contributed by atoms with Gasteiger partial charge in [0.05, 0.1) is 0 Å². The zero-order valence-electron chi connectivity index (χ0n) is 19.9. The Morgan fingerprint density at radius 1 is 0.862 bits per heavy atom. The number of nitrogens with two attached hydrogens (primary N) is 1. The highest BCUT2D eigenvalue weighted by molar-refractivity contribution is 6.99. The molecule has 0 unspecified atom stereocenters. The predicted molar refractivity (Wildman–Crippen MR) is 134 cm³/mol. The summed E-state index contributed by atoms with van der Waals surface area (Å²) in [6.07, 6.45) is 0.984. The molecule has 2 nitrogen and oxygen atoms in total. The second kappa shape index (κ2) is 12.1. The number of hydrogen-bond acceptors (Lipinski definition) is 2. The minimum atomic E-state index is -2.44. The van der Waals surface area contributed by atoms with Gasteiger partial charge in [-0.1, -0.05) is 95.3 Å². The van der Waals surface area contributed by atoms with Crippen LogP contribution in [0.1, 0.15) is 41.0 Å². The molecule has 0 aliphatic carbocycles. The van der Waals surface area contributed by atoms with Crippen LogP contribution < -0.4 is 16.1 Å². The fraction of sp³-hybridized carbons (Fsp3) is 0.520. The van der Waals surface area contributed by atoms with E-state index in [2.05, 4.69) is 113 Å². The topological polar surface area (TPSA) is 35.2 Å². The molecular weight excluding hydrogens is 385 g/mol. The van der Waals surface area contributed by atoms with E-state index < -0.39 is 8.32 Å². The molecule has 0 amide bonds. The Labute approximate surface area is 185 Å². The number of benzene rings is 2. The van der Waals surface area contributed by atoms with E-state index in [4.69, 9.17) is 10.2 Å². The standard InChI is InChI=1S/C22H33NOSi.3CH3.Al/c1-18(2)16-19(23)17-24-25(22(3,4)5,20-12-8-6-9-13-20)21-14-10-7-11-15-21;;;;/h6-15,18-19H,16-17,23H2,1-5H3;3*1H3;/t19-;;;;/m0..../s1. The minimum absolute atomic E-state index is 0.00720. The molecule has 2 rings (SSSR count). The lowest BCUT2D eigenvalue weighted by Gasteiger charge is -2.43. The molecule has 0 spiro atoms. The monoisotopic (exact) mass is 427 g/mol. The molecule has 0 aromatic heterocycles. The van der Waals surface area contributed by atoms with Crippen LogP contribution in [0.4, 0.5) is 0 Å². The Bertz CT molecular complexity index is 641. The highest BCUT2D eigenvalue weighted by Crippen LogP contribution is 2.36. The first kappa shape index (κ1) is 26.1. The van der Waals surface area contributed by atoms with Crippen LogP contribution in [0, 0.1) is 5.92 Å². The molecule has 2 aromatic carbocycles. The van der Waals surface area contributed by atoms with E-state index in [0.29, 0.717) is 12.5 Å². The van der Waals surface area contributed by atoms with Crippen LogP contribution >= 0.6 is 0 Å². The van der Waals surface area contributed by atoms with Gasteiger partial charge < -0.3 is 10.2 Å². The number of hydrogen-bond donors (Lipinski definition) is 1. The maximum atomic E-state index is 6.84. The van der Waals surface area contributed by atoms with Gasteiger partial charge in [-0.05, 0) is 27.8 Å². The zero-order valence-corrected chi connectivity index (χ0v) is 22.1. The molecule has 0 aliphatic rings. The van der Waals surface area contributed by atoms with E-state index in [0.717, 1.165) is 6.42 Å². The molecule has 0 saturated heterocycles. The lowest BCUT2D eigenvalue weighted by molar-refractivity contribution is 0.256. The molecule has 2 aromatic rings. The van der Waals surface area contributed by atoms with Crippen LogP contribution in [0.3, 0.4) is 0 Å². The molecular formula is C25H42AlNOSi. The van der Waals surface area contributed by atoms with E-state index in [1.165, 1.54) is 10.4 Å². The van der Waals surface area contributed by atoms with E-state index in [9.17, 15) is 0 Å². The summed E-state index contributed by atoms with van der Waals surface area (Å²) in [4.78, 5) is 0. The van der Waals surface area contributed by atoms with Crippen LogP contribution in [0.2, 0.25) is 22.4 Å². The van der Waals surface area contributed by atoms with Crippen molar-refractivity contribution in [3.8, 4) is 0 Å². The maximum Gasteiger partial charge on any atom is 0.261 e. The van der Waals surface area contributed by atoms with Gasteiger partial charge in [0.25, 0.3) is 22.5 Å². The summed E-state index contributed by atoms with van der Waals surface area (Å²) in [5.41, 5.74) is 6.38. The van der Waals surface area contributed by atoms with Crippen molar-refractivity contribution in [3.63, 3.8) is 0 Å². The first-order valence-corrected chi connectivity index (χ1v) is 16.4. The van der Waals surface area contributed by atoms with Gasteiger partial charge in [0.1, 0.15) is 0 Å². The van der Waals surface area contributed by atoms with Crippen LogP contribution in [-0.4, -0.2) is 35.1 Å². The molecule has 0 fully saturated rings. The van der Waals surface area contributed by atoms with Crippen molar-refractivity contribution < 1.29 is 4.43 Å². The van der Waals surface area contributed by atoms with Crippen molar-refractivity contribution in [1.29, 1.82) is 0 Å². The lowest BCUT2D eigenvalue weighted by atomic mass is 10.1. The number of rotatable bonds is 7. The predicted octanol–water partition coefficient (Wildman–Crippen LogP) is 5.31. The van der Waals surface area contributed by atoms with Gasteiger partial charge in [-0.3, -0.25) is 0 Å². The Balaban J connectivity index is 0.000000960. The van der Waals surface area contributed by atoms with Crippen molar-refractivity contribution in [3.05, 3.63) is 60.7 Å². The summed E-state index contributed by atoms with van der Waals surface area (Å²) in [6.45, 7) is 11.9. The molecule has 0 heterocycles. The van der Waals surface area contributed by atoms with Gasteiger partial charge in [-0.15, -0.1) is 17.4 Å². The molecule has 4 heteroatoms. The Kier molecular flexibility index (Phi) is 10.9. The van der Waals surface area contributed by atoms with Crippen molar-refractivity contribution in [2.45, 2.75) is 69.5 Å². The summed E-state index contributed by atoms with van der Waals surface area (Å²) >= 11 is -0.139. The zero-order chi connectivity index (χ0) is 22.1. The van der Waals surface area contributed by atoms with Crippen molar-refractivity contribution in [2.24, 2.45) is 11.7 Å². The summed E-state index contributed by atoms with van der Waals surface area (Å²) in [6, 6.07) is 21.6. The average molecular weight is 428 g/mol. The van der Waals surface area contributed by atoms with Crippen molar-refractivity contribution >= 4 is 32.8 Å². The molecule has 0 bridgehead atoms. The first-order valence-electron chi connectivity index (χ1n) is 11.0. The van der Waals surface area contributed by atoms with Crippen LogP contribution in [0.15, 0.2) is 60.7 Å². The van der Waals surface area contributed by atoms with Crippen molar-refractivity contribution in [2.75, 3.05) is 6.61 Å². The SMILES string of the molecule is CC(C)C[C@H](N)CO[Si](c1ccccc1)(c1ccccc1)C(C)(C)C.[CH3][Al]([CH3])[CH3]. The van der Waals surface area contributed by atoms with Gasteiger partial charge >= 0.3 is 0 Å². The average Bonchev–Trinajstić information content (AvgIpc) is 2.62. The van der Waals surface area contributed by atoms with E-state index in [1.807, 2.05) is 0 Å². The first-order chi connectivity index (χ1) is 13.5. The normalized spacial score (nSPS) is 12.9. The van der Waals surface area contributed by atoms with Gasteiger partial charge in [0.15, 0.2) is 0 Å². The summed E-state index contributed by atoms with van der Waals surface area (Å²) < 4.78 is 6.84. The highest BCUT2D eigenvalue weighted by Gasteiger charge is 2.50. The smallest absolute Gasteiger partial charge is 0.261 e. The fourth-order valence-corrected chi connectivity index (χ4v) is 8.29. The van der Waals surface area contributed by atoms with Crippen LogP contribution in [-0.2, 0) is 4.43 Å². The Morgan fingerprint density at radius 2 is 1.24 bits per heavy atom. The maximum absolute atomic E-state index is 6.84. The van der Waals surface area contributed by atoms with Crippen LogP contribution in [0.5, 0.6) is 0 Å². The van der Waals surface area contributed by atoms with Gasteiger partial charge in [-0.25, -0.2) is 0 Å². The second-order valence-electron chi connectivity index (χ2n) is 10.1. The third-order valence-corrected chi connectivity index (χ3v) is 9.71. The molecule has 0 aliphatic heterocycles.